The third kappa shape index (κ3) is 3.54. The lowest BCUT2D eigenvalue weighted by molar-refractivity contribution is 0.157. The van der Waals surface area contributed by atoms with Gasteiger partial charge in [-0.2, -0.15) is 0 Å². The molecule has 1 saturated heterocycles. The Morgan fingerprint density at radius 3 is 3.05 bits per heavy atom. The van der Waals surface area contributed by atoms with Gasteiger partial charge in [0.05, 0.1) is 12.1 Å². The summed E-state index contributed by atoms with van der Waals surface area (Å²) in [4.78, 5) is 11.0. The lowest BCUT2D eigenvalue weighted by Gasteiger charge is -2.22. The molecule has 1 unspecified atom stereocenters. The summed E-state index contributed by atoms with van der Waals surface area (Å²) in [6, 6.07) is 8.45. The number of unbranched alkanes of at least 4 members (excludes halogenated alkanes) is 1. The minimum absolute atomic E-state index is 0.297. The molecule has 2 heterocycles. The number of aliphatic hydroxyl groups excluding tert-OH is 1. The van der Waals surface area contributed by atoms with Crippen LogP contribution in [0.3, 0.4) is 0 Å². The molecular weight excluding hydrogens is 276 g/mol. The maximum Gasteiger partial charge on any atom is 0.137 e. The van der Waals surface area contributed by atoms with Crippen molar-refractivity contribution in [1.29, 1.82) is 0 Å². The van der Waals surface area contributed by atoms with Crippen molar-refractivity contribution in [2.75, 3.05) is 31.6 Å². The maximum atomic E-state index is 9.32. The molecule has 1 aliphatic rings. The molecule has 0 amide bonds. The molecule has 5 nitrogen and oxygen atoms in total. The Morgan fingerprint density at radius 2 is 2.14 bits per heavy atom. The predicted molar refractivity (Wildman–Crippen MR) is 88.9 cm³/mol. The van der Waals surface area contributed by atoms with E-state index in [0.29, 0.717) is 12.6 Å². The molecule has 0 saturated carbocycles. The topological polar surface area (TPSA) is 61.3 Å². The van der Waals surface area contributed by atoms with Gasteiger partial charge >= 0.3 is 0 Å². The number of aromatic nitrogens is 2. The van der Waals surface area contributed by atoms with Crippen molar-refractivity contribution in [3.8, 4) is 0 Å². The Kier molecular flexibility index (Phi) is 5.19. The summed E-state index contributed by atoms with van der Waals surface area (Å²) < 4.78 is 0. The van der Waals surface area contributed by atoms with E-state index in [0.717, 1.165) is 55.6 Å². The van der Waals surface area contributed by atoms with Crippen molar-refractivity contribution in [2.45, 2.75) is 31.7 Å². The summed E-state index contributed by atoms with van der Waals surface area (Å²) in [5.41, 5.74) is 0.975. The highest BCUT2D eigenvalue weighted by molar-refractivity contribution is 5.88. The second-order valence-electron chi connectivity index (χ2n) is 5.89. The van der Waals surface area contributed by atoms with E-state index in [9.17, 15) is 5.11 Å². The van der Waals surface area contributed by atoms with Gasteiger partial charge < -0.3 is 10.4 Å². The molecule has 118 valence electrons. The molecule has 0 radical (unpaired) electrons. The average Bonchev–Trinajstić information content (AvgIpc) is 3.02. The fraction of sp³-hybridized carbons (Fsp3) is 0.529. The van der Waals surface area contributed by atoms with Gasteiger partial charge in [-0.3, -0.25) is 4.90 Å². The van der Waals surface area contributed by atoms with E-state index in [4.69, 9.17) is 0 Å². The number of anilines is 1. The van der Waals surface area contributed by atoms with Gasteiger partial charge in [-0.15, -0.1) is 0 Å². The number of aliphatic hydroxyl groups is 1. The largest absolute Gasteiger partial charge is 0.395 e. The Labute approximate surface area is 131 Å². The molecule has 0 bridgehead atoms. The first kappa shape index (κ1) is 15.2. The molecule has 0 spiro atoms. The van der Waals surface area contributed by atoms with Gasteiger partial charge in [-0.25, -0.2) is 9.97 Å². The first-order valence-corrected chi connectivity index (χ1v) is 8.17. The summed E-state index contributed by atoms with van der Waals surface area (Å²) in [6.45, 7) is 3.43. The van der Waals surface area contributed by atoms with Crippen molar-refractivity contribution in [3.05, 3.63) is 30.6 Å². The van der Waals surface area contributed by atoms with Gasteiger partial charge in [-0.05, 0) is 50.9 Å². The molecule has 1 fully saturated rings. The molecule has 22 heavy (non-hydrogen) atoms. The molecule has 0 aliphatic carbocycles. The summed E-state index contributed by atoms with van der Waals surface area (Å²) in [5, 5.41) is 13.8. The number of nitrogens with one attached hydrogen (secondary N) is 1. The van der Waals surface area contributed by atoms with Gasteiger partial charge in [0.25, 0.3) is 0 Å². The predicted octanol–water partition coefficient (Wildman–Crippen LogP) is 2.28. The average molecular weight is 300 g/mol. The molecule has 1 aliphatic heterocycles. The second kappa shape index (κ2) is 7.51. The van der Waals surface area contributed by atoms with Crippen molar-refractivity contribution in [2.24, 2.45) is 0 Å². The fourth-order valence-corrected chi connectivity index (χ4v) is 3.19. The van der Waals surface area contributed by atoms with Gasteiger partial charge in [0, 0.05) is 18.0 Å². The van der Waals surface area contributed by atoms with Crippen LogP contribution in [-0.4, -0.2) is 52.3 Å². The quantitative estimate of drug-likeness (QED) is 0.768. The van der Waals surface area contributed by atoms with Crippen LogP contribution in [0.4, 0.5) is 5.82 Å². The maximum absolute atomic E-state index is 9.32. The standard InChI is InChI=1S/C17H24N4O/c22-12-14-6-5-11-21(14)10-4-3-9-18-17-15-7-1-2-8-16(15)19-13-20-17/h1-2,7-8,13-14,22H,3-6,9-12H2,(H,18,19,20). The zero-order valence-electron chi connectivity index (χ0n) is 12.9. The minimum atomic E-state index is 0.297. The Balaban J connectivity index is 1.45. The Bertz CT molecular complexity index is 599. The number of para-hydroxylation sites is 1. The molecule has 1 aromatic carbocycles. The highest BCUT2D eigenvalue weighted by Gasteiger charge is 2.22. The van der Waals surface area contributed by atoms with E-state index in [1.54, 1.807) is 6.33 Å². The van der Waals surface area contributed by atoms with Crippen molar-refractivity contribution >= 4 is 16.7 Å². The first-order chi connectivity index (χ1) is 10.9. The van der Waals surface area contributed by atoms with Crippen LogP contribution in [0.25, 0.3) is 10.9 Å². The summed E-state index contributed by atoms with van der Waals surface area (Å²) in [7, 11) is 0. The van der Waals surface area contributed by atoms with E-state index < -0.39 is 0 Å². The van der Waals surface area contributed by atoms with Crippen LogP contribution < -0.4 is 5.32 Å². The Morgan fingerprint density at radius 1 is 1.23 bits per heavy atom. The van der Waals surface area contributed by atoms with Gasteiger partial charge in [0.2, 0.25) is 0 Å². The van der Waals surface area contributed by atoms with Crippen molar-refractivity contribution < 1.29 is 5.11 Å². The summed E-state index contributed by atoms with van der Waals surface area (Å²) in [5.74, 6) is 0.917. The van der Waals surface area contributed by atoms with E-state index in [-0.39, 0.29) is 0 Å². The zero-order chi connectivity index (χ0) is 15.2. The number of likely N-dealkylation sites (tertiary alicyclic amines) is 1. The molecule has 5 heteroatoms. The van der Waals surface area contributed by atoms with Gasteiger partial charge in [0.15, 0.2) is 0 Å². The SMILES string of the molecule is OCC1CCCN1CCCCNc1ncnc2ccccc12. The lowest BCUT2D eigenvalue weighted by atomic mass is 10.2. The van der Waals surface area contributed by atoms with Crippen LogP contribution in [0.1, 0.15) is 25.7 Å². The molecule has 2 aromatic rings. The third-order valence-corrected chi connectivity index (χ3v) is 4.42. The van der Waals surface area contributed by atoms with Crippen LogP contribution in [0.5, 0.6) is 0 Å². The first-order valence-electron chi connectivity index (χ1n) is 8.17. The lowest BCUT2D eigenvalue weighted by Crippen LogP contribution is -2.33. The number of fused-ring (bicyclic) bond motifs is 1. The van der Waals surface area contributed by atoms with E-state index >= 15 is 0 Å². The summed E-state index contributed by atoms with van der Waals surface area (Å²) in [6.07, 6.45) is 6.22. The van der Waals surface area contributed by atoms with Gasteiger partial charge in [0.1, 0.15) is 12.1 Å². The number of hydrogen-bond acceptors (Lipinski definition) is 5. The highest BCUT2D eigenvalue weighted by atomic mass is 16.3. The normalized spacial score (nSPS) is 18.9. The molecule has 2 N–H and O–H groups in total. The Hall–Kier alpha value is -1.72. The van der Waals surface area contributed by atoms with Crippen LogP contribution in [-0.2, 0) is 0 Å². The number of hydrogen-bond donors (Lipinski definition) is 2. The van der Waals surface area contributed by atoms with Crippen molar-refractivity contribution in [3.63, 3.8) is 0 Å². The fourth-order valence-electron chi connectivity index (χ4n) is 3.19. The van der Waals surface area contributed by atoms with Gasteiger partial charge in [-0.1, -0.05) is 12.1 Å². The van der Waals surface area contributed by atoms with E-state index in [1.165, 1.54) is 6.42 Å². The van der Waals surface area contributed by atoms with Crippen LogP contribution in [0.15, 0.2) is 30.6 Å². The number of rotatable bonds is 7. The third-order valence-electron chi connectivity index (χ3n) is 4.42. The van der Waals surface area contributed by atoms with E-state index in [2.05, 4.69) is 20.2 Å². The zero-order valence-corrected chi connectivity index (χ0v) is 12.9. The summed E-state index contributed by atoms with van der Waals surface area (Å²) >= 11 is 0. The minimum Gasteiger partial charge on any atom is -0.395 e. The van der Waals surface area contributed by atoms with Crippen LogP contribution in [0.2, 0.25) is 0 Å². The molecule has 3 rings (SSSR count). The highest BCUT2D eigenvalue weighted by Crippen LogP contribution is 2.19. The van der Waals surface area contributed by atoms with Crippen LogP contribution in [0, 0.1) is 0 Å². The smallest absolute Gasteiger partial charge is 0.137 e. The van der Waals surface area contributed by atoms with Crippen molar-refractivity contribution in [1.82, 2.24) is 14.9 Å². The molecule has 1 atom stereocenters. The molecule has 1 aromatic heterocycles. The monoisotopic (exact) mass is 300 g/mol. The van der Waals surface area contributed by atoms with Crippen LogP contribution >= 0.6 is 0 Å². The number of benzene rings is 1. The van der Waals surface area contributed by atoms with E-state index in [1.807, 2.05) is 24.3 Å². The molecular formula is C17H24N4O. The second-order valence-corrected chi connectivity index (χ2v) is 5.89. The number of nitrogens with zero attached hydrogens (tertiary/aromatic N) is 3.